The van der Waals surface area contributed by atoms with Gasteiger partial charge in [0, 0.05) is 38.8 Å². The van der Waals surface area contributed by atoms with Crippen LogP contribution < -0.4 is 0 Å². The largest absolute Gasteiger partial charge is 0.396 e. The Bertz CT molecular complexity index is 652. The average molecular weight is 414 g/mol. The van der Waals surface area contributed by atoms with Gasteiger partial charge in [0.15, 0.2) is 0 Å². The van der Waals surface area contributed by atoms with E-state index in [1.165, 1.54) is 31.5 Å². The highest BCUT2D eigenvalue weighted by Gasteiger charge is 2.34. The van der Waals surface area contributed by atoms with Crippen molar-refractivity contribution < 1.29 is 9.90 Å². The van der Waals surface area contributed by atoms with E-state index in [9.17, 15) is 9.90 Å². The zero-order valence-corrected chi connectivity index (χ0v) is 18.4. The highest BCUT2D eigenvalue weighted by atomic mass is 16.3. The fraction of sp³-hybridized carbons (Fsp3) is 0.720. The molecule has 1 atom stereocenters. The molecule has 0 radical (unpaired) electrons. The third-order valence-corrected chi connectivity index (χ3v) is 7.62. The third-order valence-electron chi connectivity index (χ3n) is 7.62. The highest BCUT2D eigenvalue weighted by Crippen LogP contribution is 2.27. The summed E-state index contributed by atoms with van der Waals surface area (Å²) in [5.41, 5.74) is 1.43. The number of aliphatic hydroxyl groups is 1. The first kappa shape index (κ1) is 21.8. The molecule has 166 valence electrons. The molecule has 5 nitrogen and oxygen atoms in total. The van der Waals surface area contributed by atoms with Crippen LogP contribution in [0.5, 0.6) is 0 Å². The van der Waals surface area contributed by atoms with E-state index in [4.69, 9.17) is 0 Å². The van der Waals surface area contributed by atoms with Gasteiger partial charge in [-0.1, -0.05) is 30.3 Å². The van der Waals surface area contributed by atoms with E-state index >= 15 is 0 Å². The normalized spacial score (nSPS) is 25.5. The lowest BCUT2D eigenvalue weighted by molar-refractivity contribution is -0.139. The Morgan fingerprint density at radius 2 is 1.67 bits per heavy atom. The van der Waals surface area contributed by atoms with Gasteiger partial charge in [-0.05, 0) is 76.1 Å². The van der Waals surface area contributed by atoms with Crippen LogP contribution in [0, 0.1) is 11.8 Å². The van der Waals surface area contributed by atoms with Crippen LogP contribution in [0.4, 0.5) is 0 Å². The third kappa shape index (κ3) is 5.63. The number of nitrogens with zero attached hydrogens (tertiary/aromatic N) is 3. The molecule has 0 bridgehead atoms. The van der Waals surface area contributed by atoms with Gasteiger partial charge in [-0.3, -0.25) is 9.69 Å². The molecule has 3 heterocycles. The van der Waals surface area contributed by atoms with Crippen LogP contribution in [0.25, 0.3) is 0 Å². The summed E-state index contributed by atoms with van der Waals surface area (Å²) in [6, 6.07) is 11.4. The maximum absolute atomic E-state index is 13.1. The summed E-state index contributed by atoms with van der Waals surface area (Å²) in [7, 11) is 0. The van der Waals surface area contributed by atoms with Crippen molar-refractivity contribution in [2.45, 2.75) is 51.0 Å². The number of hydrogen-bond acceptors (Lipinski definition) is 4. The molecule has 1 amide bonds. The van der Waals surface area contributed by atoms with Crippen molar-refractivity contribution >= 4 is 5.91 Å². The van der Waals surface area contributed by atoms with Crippen molar-refractivity contribution in [3.05, 3.63) is 35.9 Å². The first-order chi connectivity index (χ1) is 14.7. The van der Waals surface area contributed by atoms with Crippen molar-refractivity contribution in [3.8, 4) is 0 Å². The molecular formula is C25H39N3O2. The van der Waals surface area contributed by atoms with Crippen LogP contribution in [0.3, 0.4) is 0 Å². The maximum Gasteiger partial charge on any atom is 0.226 e. The van der Waals surface area contributed by atoms with Gasteiger partial charge in [-0.15, -0.1) is 0 Å². The van der Waals surface area contributed by atoms with E-state index in [0.717, 1.165) is 64.8 Å². The number of rotatable bonds is 6. The molecule has 30 heavy (non-hydrogen) atoms. The molecule has 1 aromatic carbocycles. The Balaban J connectivity index is 1.21. The second kappa shape index (κ2) is 10.7. The van der Waals surface area contributed by atoms with E-state index in [2.05, 4.69) is 45.0 Å². The zero-order chi connectivity index (χ0) is 20.8. The lowest BCUT2D eigenvalue weighted by atomic mass is 9.91. The molecule has 0 saturated carbocycles. The maximum atomic E-state index is 13.1. The zero-order valence-electron chi connectivity index (χ0n) is 18.4. The fourth-order valence-electron chi connectivity index (χ4n) is 5.57. The smallest absolute Gasteiger partial charge is 0.226 e. The number of amides is 1. The van der Waals surface area contributed by atoms with Gasteiger partial charge < -0.3 is 14.9 Å². The summed E-state index contributed by atoms with van der Waals surface area (Å²) in [5, 5.41) is 9.34. The highest BCUT2D eigenvalue weighted by molar-refractivity contribution is 5.79. The van der Waals surface area contributed by atoms with E-state index in [0.29, 0.717) is 17.9 Å². The SMILES string of the molecule is O=C([C@@H]1CCCN(C2CCN(CCc3ccccc3)CC2)C1)N1CCC(CO)CC1. The van der Waals surface area contributed by atoms with E-state index in [1.54, 1.807) is 0 Å². The Morgan fingerprint density at radius 3 is 2.37 bits per heavy atom. The van der Waals surface area contributed by atoms with Gasteiger partial charge in [-0.25, -0.2) is 0 Å². The van der Waals surface area contributed by atoms with Crippen molar-refractivity contribution in [3.63, 3.8) is 0 Å². The van der Waals surface area contributed by atoms with Gasteiger partial charge in [0.25, 0.3) is 0 Å². The Hall–Kier alpha value is -1.43. The van der Waals surface area contributed by atoms with Gasteiger partial charge >= 0.3 is 0 Å². The predicted octanol–water partition coefficient (Wildman–Crippen LogP) is 2.64. The van der Waals surface area contributed by atoms with E-state index in [1.807, 2.05) is 0 Å². The standard InChI is InChI=1S/C25H39N3O2/c29-20-22-9-17-27(18-10-22)25(30)23-7-4-13-28(19-23)24-11-15-26(16-12-24)14-8-21-5-2-1-3-6-21/h1-3,5-6,22-24,29H,4,7-20H2/t23-/m1/s1. The average Bonchev–Trinajstić information content (AvgIpc) is 2.83. The van der Waals surface area contributed by atoms with E-state index < -0.39 is 0 Å². The molecule has 3 fully saturated rings. The van der Waals surface area contributed by atoms with Gasteiger partial charge in [0.05, 0.1) is 5.92 Å². The molecule has 0 aromatic heterocycles. The van der Waals surface area contributed by atoms with Gasteiger partial charge in [0.1, 0.15) is 0 Å². The molecule has 5 heteroatoms. The first-order valence-electron chi connectivity index (χ1n) is 12.1. The second-order valence-electron chi connectivity index (χ2n) is 9.59. The van der Waals surface area contributed by atoms with Crippen LogP contribution in [0.1, 0.15) is 44.1 Å². The van der Waals surface area contributed by atoms with Gasteiger partial charge in [-0.2, -0.15) is 0 Å². The summed E-state index contributed by atoms with van der Waals surface area (Å²) in [6.45, 7) is 7.56. The topological polar surface area (TPSA) is 47.0 Å². The number of carbonyl (C=O) groups is 1. The summed E-state index contributed by atoms with van der Waals surface area (Å²) in [4.78, 5) is 20.4. The summed E-state index contributed by atoms with van der Waals surface area (Å²) in [6.07, 6.45) is 7.72. The number of piperidine rings is 3. The summed E-state index contributed by atoms with van der Waals surface area (Å²) >= 11 is 0. The number of likely N-dealkylation sites (tertiary alicyclic amines) is 3. The minimum Gasteiger partial charge on any atom is -0.396 e. The van der Waals surface area contributed by atoms with Crippen molar-refractivity contribution in [2.24, 2.45) is 11.8 Å². The van der Waals surface area contributed by atoms with Crippen molar-refractivity contribution in [2.75, 3.05) is 52.4 Å². The van der Waals surface area contributed by atoms with Crippen LogP contribution in [0.2, 0.25) is 0 Å². The molecule has 1 aromatic rings. The molecule has 3 aliphatic heterocycles. The lowest BCUT2D eigenvalue weighted by Gasteiger charge is -2.43. The van der Waals surface area contributed by atoms with Crippen LogP contribution >= 0.6 is 0 Å². The van der Waals surface area contributed by atoms with Crippen molar-refractivity contribution in [1.82, 2.24) is 14.7 Å². The number of aliphatic hydroxyl groups excluding tert-OH is 1. The van der Waals surface area contributed by atoms with Gasteiger partial charge in [0.2, 0.25) is 5.91 Å². The molecule has 0 unspecified atom stereocenters. The monoisotopic (exact) mass is 413 g/mol. The molecule has 0 spiro atoms. The minimum atomic E-state index is 0.181. The molecule has 1 N–H and O–H groups in total. The molecule has 3 saturated heterocycles. The van der Waals surface area contributed by atoms with Crippen LogP contribution in [-0.4, -0.2) is 84.2 Å². The van der Waals surface area contributed by atoms with Crippen LogP contribution in [-0.2, 0) is 11.2 Å². The Kier molecular flexibility index (Phi) is 7.80. The van der Waals surface area contributed by atoms with E-state index in [-0.39, 0.29) is 12.5 Å². The summed E-state index contributed by atoms with van der Waals surface area (Å²) < 4.78 is 0. The second-order valence-corrected chi connectivity index (χ2v) is 9.59. The quantitative estimate of drug-likeness (QED) is 0.779. The number of hydrogen-bond donors (Lipinski definition) is 1. The summed E-state index contributed by atoms with van der Waals surface area (Å²) in [5.74, 6) is 0.945. The van der Waals surface area contributed by atoms with Crippen molar-refractivity contribution in [1.29, 1.82) is 0 Å². The first-order valence-corrected chi connectivity index (χ1v) is 12.1. The Labute approximate surface area is 182 Å². The Morgan fingerprint density at radius 1 is 0.933 bits per heavy atom. The number of carbonyl (C=O) groups excluding carboxylic acids is 1. The fourth-order valence-corrected chi connectivity index (χ4v) is 5.57. The minimum absolute atomic E-state index is 0.181. The predicted molar refractivity (Wildman–Crippen MR) is 120 cm³/mol. The molecule has 0 aliphatic carbocycles. The molecular weight excluding hydrogens is 374 g/mol. The molecule has 4 rings (SSSR count). The number of benzene rings is 1. The molecule has 3 aliphatic rings. The van der Waals surface area contributed by atoms with Crippen LogP contribution in [0.15, 0.2) is 30.3 Å². The lowest BCUT2D eigenvalue weighted by Crippen LogP contribution is -2.52.